The molecule has 2 N–H and O–H groups in total. The molecule has 2 aromatic rings. The largest absolute Gasteiger partial charge is 0.494 e. The van der Waals surface area contributed by atoms with Gasteiger partial charge in [0.25, 0.3) is 11.8 Å². The SMILES string of the molecule is CCOc1ccc(C(=O)NNC(=O)c2ccc(CC)c(S(=O)(=O)N3CCOCC3)c2)cc1. The number of sulfonamides is 1. The number of nitrogens with one attached hydrogen (secondary N) is 2. The molecule has 0 aromatic heterocycles. The Morgan fingerprint density at radius 3 is 2.16 bits per heavy atom. The summed E-state index contributed by atoms with van der Waals surface area (Å²) < 4.78 is 38.2. The standard InChI is InChI=1S/C22H27N3O6S/c1-3-16-5-6-18(15-20(16)32(28,29)25-11-13-30-14-12-25)22(27)24-23-21(26)17-7-9-19(10-8-17)31-4-2/h5-10,15H,3-4,11-14H2,1-2H3,(H,23,26)(H,24,27). The summed E-state index contributed by atoms with van der Waals surface area (Å²) >= 11 is 0. The number of hydrogen-bond acceptors (Lipinski definition) is 6. The van der Waals surface area contributed by atoms with Crippen LogP contribution in [0.2, 0.25) is 0 Å². The summed E-state index contributed by atoms with van der Waals surface area (Å²) in [5, 5.41) is 0. The molecule has 1 aliphatic heterocycles. The van der Waals surface area contributed by atoms with E-state index in [0.29, 0.717) is 43.1 Å². The monoisotopic (exact) mass is 461 g/mol. The molecule has 0 saturated carbocycles. The number of carbonyl (C=O) groups is 2. The predicted molar refractivity (Wildman–Crippen MR) is 118 cm³/mol. The van der Waals surface area contributed by atoms with E-state index in [4.69, 9.17) is 9.47 Å². The smallest absolute Gasteiger partial charge is 0.269 e. The summed E-state index contributed by atoms with van der Waals surface area (Å²) in [5.74, 6) is -0.490. The van der Waals surface area contributed by atoms with Crippen LogP contribution in [-0.2, 0) is 21.2 Å². The van der Waals surface area contributed by atoms with Crippen LogP contribution in [-0.4, -0.2) is 57.4 Å². The molecule has 0 atom stereocenters. The Labute approximate surface area is 187 Å². The number of morpholine rings is 1. The maximum atomic E-state index is 13.1. The van der Waals surface area contributed by atoms with Crippen molar-refractivity contribution in [2.75, 3.05) is 32.9 Å². The van der Waals surface area contributed by atoms with Crippen LogP contribution in [0.4, 0.5) is 0 Å². The van der Waals surface area contributed by atoms with Crippen molar-refractivity contribution < 1.29 is 27.5 Å². The normalized spacial score (nSPS) is 14.6. The van der Waals surface area contributed by atoms with E-state index < -0.39 is 21.8 Å². The van der Waals surface area contributed by atoms with Crippen LogP contribution >= 0.6 is 0 Å². The Balaban J connectivity index is 1.72. The Hall–Kier alpha value is -2.95. The van der Waals surface area contributed by atoms with Crippen LogP contribution in [0.1, 0.15) is 40.1 Å². The molecule has 0 bridgehead atoms. The number of hydrogen-bond donors (Lipinski definition) is 2. The van der Waals surface area contributed by atoms with E-state index in [-0.39, 0.29) is 23.5 Å². The Morgan fingerprint density at radius 1 is 0.969 bits per heavy atom. The summed E-state index contributed by atoms with van der Waals surface area (Å²) in [6.45, 7) is 5.42. The van der Waals surface area contributed by atoms with Crippen molar-refractivity contribution in [1.82, 2.24) is 15.2 Å². The molecule has 2 amide bonds. The van der Waals surface area contributed by atoms with E-state index in [9.17, 15) is 18.0 Å². The van der Waals surface area contributed by atoms with E-state index in [1.807, 2.05) is 13.8 Å². The van der Waals surface area contributed by atoms with Crippen molar-refractivity contribution in [2.45, 2.75) is 25.2 Å². The van der Waals surface area contributed by atoms with Gasteiger partial charge in [-0.3, -0.25) is 20.4 Å². The highest BCUT2D eigenvalue weighted by Gasteiger charge is 2.29. The van der Waals surface area contributed by atoms with E-state index in [1.54, 1.807) is 30.3 Å². The minimum absolute atomic E-state index is 0.0902. The zero-order chi connectivity index (χ0) is 23.1. The molecule has 172 valence electrons. The average Bonchev–Trinajstić information content (AvgIpc) is 2.83. The van der Waals surface area contributed by atoms with Crippen LogP contribution in [0, 0.1) is 0 Å². The van der Waals surface area contributed by atoms with Crippen LogP contribution in [0.5, 0.6) is 5.75 Å². The molecule has 0 unspecified atom stereocenters. The van der Waals surface area contributed by atoms with Crippen LogP contribution < -0.4 is 15.6 Å². The summed E-state index contributed by atoms with van der Waals surface area (Å²) in [5.41, 5.74) is 5.76. The predicted octanol–water partition coefficient (Wildman–Crippen LogP) is 1.74. The fourth-order valence-corrected chi connectivity index (χ4v) is 5.01. The average molecular weight is 462 g/mol. The second-order valence-corrected chi connectivity index (χ2v) is 8.96. The number of nitrogens with zero attached hydrogens (tertiary/aromatic N) is 1. The Morgan fingerprint density at radius 2 is 1.56 bits per heavy atom. The van der Waals surface area contributed by atoms with Gasteiger partial charge in [0.15, 0.2) is 0 Å². The first-order chi connectivity index (χ1) is 15.4. The maximum absolute atomic E-state index is 13.1. The van der Waals surface area contributed by atoms with E-state index in [2.05, 4.69) is 10.9 Å². The number of rotatable bonds is 7. The molecule has 1 fully saturated rings. The Bertz CT molecular complexity index is 1060. The van der Waals surface area contributed by atoms with Crippen LogP contribution in [0.15, 0.2) is 47.4 Å². The first-order valence-corrected chi connectivity index (χ1v) is 11.8. The molecule has 3 rings (SSSR count). The minimum atomic E-state index is -3.77. The second kappa shape index (κ2) is 10.6. The fourth-order valence-electron chi connectivity index (χ4n) is 3.28. The van der Waals surface area contributed by atoms with Gasteiger partial charge < -0.3 is 9.47 Å². The molecule has 0 spiro atoms. The highest BCUT2D eigenvalue weighted by Crippen LogP contribution is 2.23. The van der Waals surface area contributed by atoms with Crippen molar-refractivity contribution in [3.05, 3.63) is 59.2 Å². The lowest BCUT2D eigenvalue weighted by Gasteiger charge is -2.27. The third-order valence-corrected chi connectivity index (χ3v) is 7.00. The van der Waals surface area contributed by atoms with Gasteiger partial charge in [-0.2, -0.15) is 4.31 Å². The summed E-state index contributed by atoms with van der Waals surface area (Å²) in [7, 11) is -3.77. The number of ether oxygens (including phenoxy) is 2. The van der Waals surface area contributed by atoms with Gasteiger partial charge in [0, 0.05) is 24.2 Å². The molecule has 0 radical (unpaired) electrons. The maximum Gasteiger partial charge on any atom is 0.269 e. The van der Waals surface area contributed by atoms with Crippen LogP contribution in [0.25, 0.3) is 0 Å². The number of carbonyl (C=O) groups excluding carboxylic acids is 2. The van der Waals surface area contributed by atoms with Crippen molar-refractivity contribution in [3.63, 3.8) is 0 Å². The lowest BCUT2D eigenvalue weighted by Crippen LogP contribution is -2.42. The third kappa shape index (κ3) is 5.45. The molecule has 10 heteroatoms. The van der Waals surface area contributed by atoms with Gasteiger partial charge in [-0.15, -0.1) is 0 Å². The molecule has 9 nitrogen and oxygen atoms in total. The zero-order valence-electron chi connectivity index (χ0n) is 18.1. The quantitative estimate of drug-likeness (QED) is 0.607. The lowest BCUT2D eigenvalue weighted by molar-refractivity contribution is 0.0730. The first kappa shape index (κ1) is 23.7. The van der Waals surface area contributed by atoms with Crippen molar-refractivity contribution >= 4 is 21.8 Å². The van der Waals surface area contributed by atoms with Gasteiger partial charge in [0.05, 0.1) is 24.7 Å². The van der Waals surface area contributed by atoms with E-state index in [1.165, 1.54) is 16.4 Å². The fraction of sp³-hybridized carbons (Fsp3) is 0.364. The van der Waals surface area contributed by atoms with Gasteiger partial charge in [0.2, 0.25) is 10.0 Å². The topological polar surface area (TPSA) is 114 Å². The van der Waals surface area contributed by atoms with Crippen LogP contribution in [0.3, 0.4) is 0 Å². The van der Waals surface area contributed by atoms with Gasteiger partial charge >= 0.3 is 0 Å². The molecule has 1 aliphatic rings. The highest BCUT2D eigenvalue weighted by atomic mass is 32.2. The number of aryl methyl sites for hydroxylation is 1. The number of benzene rings is 2. The van der Waals surface area contributed by atoms with Crippen molar-refractivity contribution in [2.24, 2.45) is 0 Å². The van der Waals surface area contributed by atoms with Crippen molar-refractivity contribution in [3.8, 4) is 5.75 Å². The van der Waals surface area contributed by atoms with Gasteiger partial charge in [-0.1, -0.05) is 13.0 Å². The zero-order valence-corrected chi connectivity index (χ0v) is 18.9. The Kier molecular flexibility index (Phi) is 7.84. The third-order valence-electron chi connectivity index (χ3n) is 5.02. The first-order valence-electron chi connectivity index (χ1n) is 10.4. The van der Waals surface area contributed by atoms with E-state index in [0.717, 1.165) is 0 Å². The highest BCUT2D eigenvalue weighted by molar-refractivity contribution is 7.89. The number of hydrazine groups is 1. The molecule has 0 aliphatic carbocycles. The minimum Gasteiger partial charge on any atom is -0.494 e. The lowest BCUT2D eigenvalue weighted by atomic mass is 10.1. The summed E-state index contributed by atoms with van der Waals surface area (Å²) in [6, 6.07) is 11.0. The van der Waals surface area contributed by atoms with Gasteiger partial charge in [0.1, 0.15) is 5.75 Å². The summed E-state index contributed by atoms with van der Waals surface area (Å²) in [6.07, 6.45) is 0.495. The van der Waals surface area contributed by atoms with E-state index >= 15 is 0 Å². The molecule has 32 heavy (non-hydrogen) atoms. The molecule has 1 heterocycles. The second-order valence-electron chi connectivity index (χ2n) is 7.06. The number of amides is 2. The van der Waals surface area contributed by atoms with Gasteiger partial charge in [-0.25, -0.2) is 8.42 Å². The molecular weight excluding hydrogens is 434 g/mol. The molecule has 2 aromatic carbocycles. The molecule has 1 saturated heterocycles. The summed E-state index contributed by atoms with van der Waals surface area (Å²) in [4.78, 5) is 25.0. The van der Waals surface area contributed by atoms with Gasteiger partial charge in [-0.05, 0) is 55.3 Å². The van der Waals surface area contributed by atoms with Crippen molar-refractivity contribution in [1.29, 1.82) is 0 Å². The molecular formula is C22H27N3O6S.